The number of carbonyl (C=O) groups excluding carboxylic acids is 2. The maximum atomic E-state index is 11.8. The second-order valence-electron chi connectivity index (χ2n) is 8.63. The first-order chi connectivity index (χ1) is 15.4. The van der Waals surface area contributed by atoms with Gasteiger partial charge < -0.3 is 4.79 Å². The van der Waals surface area contributed by atoms with Gasteiger partial charge in [0.2, 0.25) is 5.91 Å². The van der Waals surface area contributed by atoms with Gasteiger partial charge in [0.25, 0.3) is 0 Å². The molecule has 1 aromatic heterocycles. The highest BCUT2D eigenvalue weighted by atomic mass is 32.3. The van der Waals surface area contributed by atoms with Crippen molar-refractivity contribution in [1.29, 1.82) is 0 Å². The number of amides is 1. The van der Waals surface area contributed by atoms with Crippen molar-refractivity contribution in [2.24, 2.45) is 0 Å². The number of hydrogen-bond acceptors (Lipinski definition) is 7. The maximum absolute atomic E-state index is 11.8. The van der Waals surface area contributed by atoms with Crippen molar-refractivity contribution in [3.05, 3.63) is 5.82 Å². The van der Waals surface area contributed by atoms with Gasteiger partial charge >= 0.3 is 0 Å². The van der Waals surface area contributed by atoms with Crippen molar-refractivity contribution in [2.45, 2.75) is 116 Å². The number of Topliss-reactive ketones (excluding diaryl/α,β-unsaturated/α-hetero) is 1. The van der Waals surface area contributed by atoms with Crippen molar-refractivity contribution in [1.82, 2.24) is 25.3 Å². The molecule has 0 unspecified atom stereocenters. The van der Waals surface area contributed by atoms with E-state index >= 15 is 0 Å². The predicted molar refractivity (Wildman–Crippen MR) is 128 cm³/mol. The molecule has 0 saturated carbocycles. The molecule has 0 aromatic carbocycles. The molecule has 0 saturated heterocycles. The molecule has 0 aliphatic carbocycles. The summed E-state index contributed by atoms with van der Waals surface area (Å²) in [5, 5.41) is 14.0. The Balaban J connectivity index is 1.81. The second kappa shape index (κ2) is 18.0. The Morgan fingerprint density at radius 1 is 0.812 bits per heavy atom. The zero-order valence-corrected chi connectivity index (χ0v) is 20.5. The minimum atomic E-state index is -3.12. The van der Waals surface area contributed by atoms with Crippen LogP contribution in [0.4, 0.5) is 0 Å². The van der Waals surface area contributed by atoms with Crippen molar-refractivity contribution >= 4 is 22.5 Å². The Morgan fingerprint density at radius 2 is 1.34 bits per heavy atom. The molecule has 0 aliphatic heterocycles. The Morgan fingerprint density at radius 3 is 1.84 bits per heavy atom. The summed E-state index contributed by atoms with van der Waals surface area (Å²) < 4.78 is 22.0. The normalized spacial score (nSPS) is 12.1. The van der Waals surface area contributed by atoms with Gasteiger partial charge in [-0.3, -0.25) is 18.6 Å². The van der Waals surface area contributed by atoms with Crippen LogP contribution in [0.2, 0.25) is 0 Å². The number of aromatic nitrogens is 4. The van der Waals surface area contributed by atoms with Crippen LogP contribution in [-0.2, 0) is 16.0 Å². The van der Waals surface area contributed by atoms with Crippen LogP contribution in [0.15, 0.2) is 0 Å². The highest BCUT2D eigenvalue weighted by Crippen LogP contribution is 2.34. The number of nitrogens with zero attached hydrogens (tertiary/aromatic N) is 3. The van der Waals surface area contributed by atoms with Crippen molar-refractivity contribution in [2.75, 3.05) is 5.75 Å². The van der Waals surface area contributed by atoms with Gasteiger partial charge in [-0.15, -0.1) is 21.0 Å². The van der Waals surface area contributed by atoms with Crippen LogP contribution in [0.1, 0.15) is 115 Å². The van der Waals surface area contributed by atoms with Crippen molar-refractivity contribution < 1.29 is 18.7 Å². The number of nitrogens with one attached hydrogen (secondary N) is 2. The molecule has 0 bridgehead atoms. The van der Waals surface area contributed by atoms with Gasteiger partial charge in [0.1, 0.15) is 5.78 Å². The van der Waals surface area contributed by atoms with E-state index in [0.29, 0.717) is 19.3 Å². The van der Waals surface area contributed by atoms with E-state index in [1.54, 1.807) is 0 Å². The number of aromatic amines is 1. The summed E-state index contributed by atoms with van der Waals surface area (Å²) in [6.07, 6.45) is 17.3. The molecule has 1 amide bonds. The van der Waals surface area contributed by atoms with E-state index < -0.39 is 10.8 Å². The van der Waals surface area contributed by atoms with Gasteiger partial charge in [-0.2, -0.15) is 5.21 Å². The fourth-order valence-electron chi connectivity index (χ4n) is 3.61. The SMILES string of the molecule is CC(=O)CCCS(O)(O)NC(=O)CCCCCCCCCCCCCCCc1nn[nH]n1. The third kappa shape index (κ3) is 17.1. The summed E-state index contributed by atoms with van der Waals surface area (Å²) in [5.41, 5.74) is 0. The first kappa shape index (κ1) is 28.5. The van der Waals surface area contributed by atoms with Crippen LogP contribution < -0.4 is 4.72 Å². The van der Waals surface area contributed by atoms with E-state index in [2.05, 4.69) is 25.3 Å². The fraction of sp³-hybridized carbons (Fsp3) is 0.864. The standard InChI is InChI=1S/C22H43N5O4S/c1-20(28)16-15-19-32(30,31)25-22(29)18-14-12-10-8-6-4-2-3-5-7-9-11-13-17-21-23-26-27-24-21/h30-31H,2-19H2,1H3,(H,25,29)(H,23,24,26,27). The molecule has 1 aromatic rings. The lowest BCUT2D eigenvalue weighted by atomic mass is 10.0. The number of tetrazole rings is 1. The van der Waals surface area contributed by atoms with E-state index in [1.165, 1.54) is 64.7 Å². The number of ketones is 1. The fourth-order valence-corrected chi connectivity index (χ4v) is 4.72. The average molecular weight is 474 g/mol. The molecular formula is C22H43N5O4S. The highest BCUT2D eigenvalue weighted by molar-refractivity contribution is 8.23. The molecule has 186 valence electrons. The molecule has 0 radical (unpaired) electrons. The third-order valence-electron chi connectivity index (χ3n) is 5.43. The summed E-state index contributed by atoms with van der Waals surface area (Å²) in [4.78, 5) is 22.7. The van der Waals surface area contributed by atoms with E-state index in [4.69, 9.17) is 0 Å². The molecule has 1 heterocycles. The predicted octanol–water partition coefficient (Wildman–Crippen LogP) is 5.35. The van der Waals surface area contributed by atoms with Gasteiger partial charge in [0, 0.05) is 19.3 Å². The summed E-state index contributed by atoms with van der Waals surface area (Å²) >= 11 is 0. The molecule has 32 heavy (non-hydrogen) atoms. The Kier molecular flexibility index (Phi) is 16.0. The van der Waals surface area contributed by atoms with Crippen LogP contribution in [-0.4, -0.2) is 47.2 Å². The highest BCUT2D eigenvalue weighted by Gasteiger charge is 2.15. The summed E-state index contributed by atoms with van der Waals surface area (Å²) in [6.45, 7) is 1.47. The topological polar surface area (TPSA) is 141 Å². The van der Waals surface area contributed by atoms with E-state index in [0.717, 1.165) is 37.9 Å². The quantitative estimate of drug-likeness (QED) is 0.176. The summed E-state index contributed by atoms with van der Waals surface area (Å²) in [7, 11) is -3.12. The largest absolute Gasteiger partial charge is 0.300 e. The Labute approximate surface area is 194 Å². The average Bonchev–Trinajstić information content (AvgIpc) is 3.23. The summed E-state index contributed by atoms with van der Waals surface area (Å²) in [5.74, 6) is 0.544. The van der Waals surface area contributed by atoms with E-state index in [9.17, 15) is 18.7 Å². The first-order valence-electron chi connectivity index (χ1n) is 12.2. The number of unbranched alkanes of at least 4 members (excludes halogenated alkanes) is 12. The van der Waals surface area contributed by atoms with Crippen LogP contribution in [0.3, 0.4) is 0 Å². The zero-order valence-electron chi connectivity index (χ0n) is 19.7. The molecular weight excluding hydrogens is 430 g/mol. The van der Waals surface area contributed by atoms with Crippen LogP contribution >= 0.6 is 10.8 Å². The number of carbonyl (C=O) groups is 2. The van der Waals surface area contributed by atoms with Gasteiger partial charge in [-0.25, -0.2) is 0 Å². The van der Waals surface area contributed by atoms with Crippen LogP contribution in [0, 0.1) is 0 Å². The van der Waals surface area contributed by atoms with Crippen LogP contribution in [0.5, 0.6) is 0 Å². The maximum Gasteiger partial charge on any atom is 0.237 e. The lowest BCUT2D eigenvalue weighted by Gasteiger charge is -2.32. The number of hydrogen-bond donors (Lipinski definition) is 4. The smallest absolute Gasteiger partial charge is 0.237 e. The van der Waals surface area contributed by atoms with E-state index in [-0.39, 0.29) is 17.4 Å². The molecule has 0 fully saturated rings. The molecule has 0 aliphatic rings. The van der Waals surface area contributed by atoms with Crippen LogP contribution in [0.25, 0.3) is 0 Å². The van der Waals surface area contributed by atoms with Crippen molar-refractivity contribution in [3.8, 4) is 0 Å². The molecule has 9 nitrogen and oxygen atoms in total. The second-order valence-corrected chi connectivity index (χ2v) is 10.6. The molecule has 4 N–H and O–H groups in total. The Hall–Kier alpha value is -1.52. The van der Waals surface area contributed by atoms with Gasteiger partial charge in [0.15, 0.2) is 5.82 Å². The molecule has 0 atom stereocenters. The van der Waals surface area contributed by atoms with Gasteiger partial charge in [0.05, 0.1) is 5.75 Å². The summed E-state index contributed by atoms with van der Waals surface area (Å²) in [6, 6.07) is 0. The minimum absolute atomic E-state index is 0.0101. The number of H-pyrrole nitrogens is 1. The Bertz CT molecular complexity index is 613. The zero-order chi connectivity index (χ0) is 23.5. The van der Waals surface area contributed by atoms with Gasteiger partial charge in [-0.05, 0) is 26.2 Å². The number of rotatable bonds is 21. The minimum Gasteiger partial charge on any atom is -0.300 e. The lowest BCUT2D eigenvalue weighted by molar-refractivity contribution is -0.119. The van der Waals surface area contributed by atoms with Gasteiger partial charge in [-0.1, -0.05) is 75.8 Å². The first-order valence-corrected chi connectivity index (χ1v) is 13.9. The number of aryl methyl sites for hydroxylation is 1. The van der Waals surface area contributed by atoms with Crippen molar-refractivity contribution in [3.63, 3.8) is 0 Å². The lowest BCUT2D eigenvalue weighted by Crippen LogP contribution is -2.29. The molecule has 1 rings (SSSR count). The monoisotopic (exact) mass is 473 g/mol. The molecule has 10 heteroatoms. The van der Waals surface area contributed by atoms with E-state index in [1.807, 2.05) is 0 Å². The third-order valence-corrected chi connectivity index (χ3v) is 6.84. The molecule has 0 spiro atoms.